The van der Waals surface area contributed by atoms with Gasteiger partial charge in [-0.1, -0.05) is 20.8 Å². The monoisotopic (exact) mass is 626 g/mol. The van der Waals surface area contributed by atoms with Crippen LogP contribution in [0.2, 0.25) is 0 Å². The van der Waals surface area contributed by atoms with Gasteiger partial charge in [-0.05, 0) is 119 Å². The van der Waals surface area contributed by atoms with Gasteiger partial charge in [0.25, 0.3) is 0 Å². The summed E-state index contributed by atoms with van der Waals surface area (Å²) in [6.45, 7) is 13.5. The average Bonchev–Trinajstić information content (AvgIpc) is 3.51. The van der Waals surface area contributed by atoms with Crippen molar-refractivity contribution in [2.45, 2.75) is 109 Å². The highest BCUT2D eigenvalue weighted by Crippen LogP contribution is 2.67. The first-order chi connectivity index (χ1) is 21.6. The van der Waals surface area contributed by atoms with Crippen LogP contribution < -0.4 is 5.32 Å². The molecule has 3 heterocycles. The first kappa shape index (κ1) is 32.3. The van der Waals surface area contributed by atoms with Crippen molar-refractivity contribution in [1.82, 2.24) is 20.0 Å². The summed E-state index contributed by atoms with van der Waals surface area (Å²) in [7, 11) is 4.19. The molecule has 0 radical (unpaired) electrons. The molecule has 1 N–H and O–H groups in total. The van der Waals surface area contributed by atoms with Crippen LogP contribution in [0.25, 0.3) is 0 Å². The van der Waals surface area contributed by atoms with Crippen LogP contribution >= 0.6 is 0 Å². The molecule has 12 atom stereocenters. The van der Waals surface area contributed by atoms with Gasteiger partial charge in [-0.3, -0.25) is 14.5 Å². The molecule has 8 nitrogen and oxygen atoms in total. The largest absolute Gasteiger partial charge is 0.353 e. The van der Waals surface area contributed by atoms with Gasteiger partial charge in [0.15, 0.2) is 5.79 Å². The highest BCUT2D eigenvalue weighted by atomic mass is 16.7. The van der Waals surface area contributed by atoms with E-state index in [1.165, 1.54) is 44.9 Å². The van der Waals surface area contributed by atoms with Crippen molar-refractivity contribution >= 4 is 11.8 Å². The molecule has 4 aliphatic carbocycles. The van der Waals surface area contributed by atoms with Crippen LogP contribution in [0.15, 0.2) is 0 Å². The number of nitrogens with one attached hydrogen (secondary N) is 1. The Kier molecular flexibility index (Phi) is 9.10. The lowest BCUT2D eigenvalue weighted by Crippen LogP contribution is -2.54. The lowest BCUT2D eigenvalue weighted by atomic mass is 9.46. The molecule has 8 heteroatoms. The summed E-state index contributed by atoms with van der Waals surface area (Å²) in [4.78, 5) is 32.5. The number of carbonyl (C=O) groups excluding carboxylic acids is 2. The van der Waals surface area contributed by atoms with Crippen molar-refractivity contribution in [3.63, 3.8) is 0 Å². The van der Waals surface area contributed by atoms with Crippen molar-refractivity contribution in [2.24, 2.45) is 52.8 Å². The van der Waals surface area contributed by atoms with Crippen LogP contribution in [0, 0.1) is 52.8 Å². The molecule has 4 saturated carbocycles. The zero-order valence-electron chi connectivity index (χ0n) is 29.0. The van der Waals surface area contributed by atoms with Crippen LogP contribution in [0.5, 0.6) is 0 Å². The second-order valence-corrected chi connectivity index (χ2v) is 17.2. The molecule has 0 bridgehead atoms. The van der Waals surface area contributed by atoms with E-state index >= 15 is 0 Å². The molecule has 0 aromatic rings. The zero-order valence-corrected chi connectivity index (χ0v) is 29.0. The Morgan fingerprint density at radius 1 is 0.911 bits per heavy atom. The Hall–Kier alpha value is -1.22. The summed E-state index contributed by atoms with van der Waals surface area (Å²) in [5.41, 5.74) is 0.380. The van der Waals surface area contributed by atoms with Crippen LogP contribution in [0.4, 0.5) is 0 Å². The molecule has 2 amide bonds. The van der Waals surface area contributed by atoms with E-state index in [4.69, 9.17) is 9.47 Å². The van der Waals surface area contributed by atoms with Gasteiger partial charge < -0.3 is 24.6 Å². The standard InChI is InChI=1S/C37H62N4O4/c1-24-10-13-37(44-23-24)25(2)35-29-8-9-31-28(30(29)21-32(35)45-37)7-6-26-20-27(11-12-36(26,31)3)38-33(42)22-34(43)41-18-16-40(17-19-41)15-14-39(4)5/h24-32,35H,6-23H2,1-5H3,(H,38,42)/t24-,25+,26-,27-,28+,29+,30+,31+,32+,35-,36+,37-/m1/s1. The molecule has 45 heavy (non-hydrogen) atoms. The number of nitrogens with zero attached hydrogens (tertiary/aromatic N) is 3. The number of fused-ring (bicyclic) bond motifs is 7. The van der Waals surface area contributed by atoms with E-state index in [0.29, 0.717) is 35.2 Å². The van der Waals surface area contributed by atoms with E-state index < -0.39 is 0 Å². The minimum Gasteiger partial charge on any atom is -0.353 e. The number of hydrogen-bond donors (Lipinski definition) is 1. The molecule has 1 spiro atoms. The van der Waals surface area contributed by atoms with Gasteiger partial charge >= 0.3 is 0 Å². The topological polar surface area (TPSA) is 74.3 Å². The van der Waals surface area contributed by atoms with E-state index in [9.17, 15) is 9.59 Å². The predicted octanol–water partition coefficient (Wildman–Crippen LogP) is 4.62. The molecule has 3 aliphatic heterocycles. The fourth-order valence-corrected chi connectivity index (χ4v) is 12.0. The van der Waals surface area contributed by atoms with Crippen molar-refractivity contribution < 1.29 is 19.1 Å². The molecule has 0 unspecified atom stereocenters. The Morgan fingerprint density at radius 3 is 2.42 bits per heavy atom. The summed E-state index contributed by atoms with van der Waals surface area (Å²) in [6, 6.07) is 0.216. The number of hydrogen-bond acceptors (Lipinski definition) is 6. The lowest BCUT2D eigenvalue weighted by molar-refractivity contribution is -0.272. The summed E-state index contributed by atoms with van der Waals surface area (Å²) in [6.07, 6.45) is 12.7. The van der Waals surface area contributed by atoms with Crippen LogP contribution in [0.3, 0.4) is 0 Å². The molecule has 3 saturated heterocycles. The molecular formula is C37H62N4O4. The molecular weight excluding hydrogens is 564 g/mol. The van der Waals surface area contributed by atoms with Gasteiger partial charge in [0.05, 0.1) is 12.7 Å². The van der Waals surface area contributed by atoms with E-state index in [2.05, 4.69) is 50.0 Å². The van der Waals surface area contributed by atoms with Gasteiger partial charge in [-0.25, -0.2) is 0 Å². The number of likely N-dealkylation sites (N-methyl/N-ethyl adjacent to an activating group) is 1. The number of piperazine rings is 1. The molecule has 7 fully saturated rings. The normalized spacial score (nSPS) is 46.4. The second-order valence-electron chi connectivity index (χ2n) is 17.2. The molecule has 7 aliphatic rings. The fourth-order valence-electron chi connectivity index (χ4n) is 12.0. The Labute approximate surface area is 272 Å². The van der Waals surface area contributed by atoms with Crippen molar-refractivity contribution in [2.75, 3.05) is 60.0 Å². The Morgan fingerprint density at radius 2 is 1.69 bits per heavy atom. The maximum atomic E-state index is 13.1. The number of ether oxygens (including phenoxy) is 2. The smallest absolute Gasteiger partial charge is 0.232 e. The van der Waals surface area contributed by atoms with Crippen LogP contribution in [-0.2, 0) is 19.1 Å². The summed E-state index contributed by atoms with van der Waals surface area (Å²) in [5.74, 6) is 5.41. The summed E-state index contributed by atoms with van der Waals surface area (Å²) >= 11 is 0. The molecule has 0 aromatic carbocycles. The summed E-state index contributed by atoms with van der Waals surface area (Å²) in [5, 5.41) is 3.32. The maximum Gasteiger partial charge on any atom is 0.232 e. The van der Waals surface area contributed by atoms with Gasteiger partial charge in [-0.15, -0.1) is 0 Å². The number of amides is 2. The Bertz CT molecular complexity index is 1080. The van der Waals surface area contributed by atoms with Gasteiger partial charge in [0.1, 0.15) is 6.42 Å². The third kappa shape index (κ3) is 6.01. The highest BCUT2D eigenvalue weighted by molar-refractivity contribution is 5.97. The minimum atomic E-state index is -0.304. The molecule has 7 rings (SSSR count). The van der Waals surface area contributed by atoms with Crippen molar-refractivity contribution in [3.05, 3.63) is 0 Å². The quantitative estimate of drug-likeness (QED) is 0.434. The third-order valence-corrected chi connectivity index (χ3v) is 14.6. The SMILES string of the molecule is C[C@@H]1CC[C@@]2(OC1)O[C@H]1C[C@@H]3[C@H](CC[C@H]4[C@H]3CC[C@@H]3C[C@H](NC(=O)CC(=O)N5CCN(CCN(C)C)CC5)CC[C@@]34C)[C@H]1[C@@H]2C. The van der Waals surface area contributed by atoms with E-state index in [-0.39, 0.29) is 30.1 Å². The first-order valence-corrected chi connectivity index (χ1v) is 18.8. The van der Waals surface area contributed by atoms with Gasteiger partial charge in [0, 0.05) is 57.6 Å². The third-order valence-electron chi connectivity index (χ3n) is 14.6. The van der Waals surface area contributed by atoms with Crippen LogP contribution in [-0.4, -0.2) is 104 Å². The number of carbonyl (C=O) groups is 2. The average molecular weight is 627 g/mol. The zero-order chi connectivity index (χ0) is 31.5. The van der Waals surface area contributed by atoms with Crippen molar-refractivity contribution in [1.29, 1.82) is 0 Å². The second kappa shape index (κ2) is 12.7. The predicted molar refractivity (Wildman–Crippen MR) is 175 cm³/mol. The fraction of sp³-hybridized carbons (Fsp3) is 0.946. The minimum absolute atomic E-state index is 0.00191. The first-order valence-electron chi connectivity index (χ1n) is 18.8. The molecule has 0 aromatic heterocycles. The van der Waals surface area contributed by atoms with E-state index in [0.717, 1.165) is 88.8 Å². The maximum absolute atomic E-state index is 13.1. The Balaban J connectivity index is 0.898. The lowest BCUT2D eigenvalue weighted by Gasteiger charge is -2.59. The van der Waals surface area contributed by atoms with E-state index in [1.807, 2.05) is 4.90 Å². The molecule has 254 valence electrons. The highest BCUT2D eigenvalue weighted by Gasteiger charge is 2.65. The van der Waals surface area contributed by atoms with E-state index in [1.54, 1.807) is 0 Å². The van der Waals surface area contributed by atoms with Crippen LogP contribution in [0.1, 0.15) is 91.4 Å². The van der Waals surface area contributed by atoms with Crippen molar-refractivity contribution in [3.8, 4) is 0 Å². The summed E-state index contributed by atoms with van der Waals surface area (Å²) < 4.78 is 13.4. The van der Waals surface area contributed by atoms with Gasteiger partial charge in [0.2, 0.25) is 11.8 Å². The van der Waals surface area contributed by atoms with Gasteiger partial charge in [-0.2, -0.15) is 0 Å². The number of rotatable bonds is 6.